The molecule has 0 radical (unpaired) electrons. The van der Waals surface area contributed by atoms with Gasteiger partial charge in [-0.1, -0.05) is 30.3 Å². The first-order valence-electron chi connectivity index (χ1n) is 9.32. The van der Waals surface area contributed by atoms with Gasteiger partial charge in [-0.25, -0.2) is 18.5 Å². The Kier molecular flexibility index (Phi) is 5.96. The molecular formula is C22H20N4O4S. The molecule has 1 unspecified atom stereocenters. The Labute approximate surface area is 181 Å². The summed E-state index contributed by atoms with van der Waals surface area (Å²) in [7, 11) is 3.12. The van der Waals surface area contributed by atoms with Gasteiger partial charge < -0.3 is 14.8 Å². The number of anilines is 4. The second-order valence-electron chi connectivity index (χ2n) is 6.47. The van der Waals surface area contributed by atoms with Gasteiger partial charge in [0.15, 0.2) is 11.6 Å². The van der Waals surface area contributed by atoms with Gasteiger partial charge in [0.05, 0.1) is 30.9 Å². The number of ether oxygens (including phenoxy) is 2. The van der Waals surface area contributed by atoms with E-state index >= 15 is 0 Å². The summed E-state index contributed by atoms with van der Waals surface area (Å²) in [4.78, 5) is 9.31. The summed E-state index contributed by atoms with van der Waals surface area (Å²) in [5, 5.41) is 3.20. The monoisotopic (exact) mass is 436 g/mol. The summed E-state index contributed by atoms with van der Waals surface area (Å²) in [6.07, 6.45) is 0. The molecule has 1 heterocycles. The van der Waals surface area contributed by atoms with Crippen LogP contribution < -0.4 is 19.1 Å². The number of hydrogen-bond acceptors (Lipinski definition) is 6. The maximum Gasteiger partial charge on any atom is 0.268 e. The van der Waals surface area contributed by atoms with E-state index in [1.54, 1.807) is 62.8 Å². The van der Waals surface area contributed by atoms with Crippen LogP contribution in [0, 0.1) is 0 Å². The van der Waals surface area contributed by atoms with Crippen molar-refractivity contribution in [1.82, 2.24) is 9.97 Å². The lowest BCUT2D eigenvalue weighted by molar-refractivity contribution is 0.395. The highest BCUT2D eigenvalue weighted by Gasteiger charge is 2.23. The molecule has 0 aliphatic rings. The number of nitrogens with zero attached hydrogens (tertiary/aromatic N) is 3. The highest BCUT2D eigenvalue weighted by atomic mass is 32.2. The zero-order valence-electron chi connectivity index (χ0n) is 16.9. The molecule has 4 rings (SSSR count). The molecule has 0 amide bonds. The third-order valence-electron chi connectivity index (χ3n) is 4.51. The lowest BCUT2D eigenvalue weighted by atomic mass is 10.2. The highest BCUT2D eigenvalue weighted by molar-refractivity contribution is 7.81. The average Bonchev–Trinajstić information content (AvgIpc) is 2.79. The summed E-state index contributed by atoms with van der Waals surface area (Å²) in [6.45, 7) is 0. The van der Waals surface area contributed by atoms with E-state index in [-0.39, 0.29) is 5.82 Å². The van der Waals surface area contributed by atoms with Gasteiger partial charge in [0.1, 0.15) is 11.5 Å². The van der Waals surface area contributed by atoms with Crippen molar-refractivity contribution in [3.63, 3.8) is 0 Å². The van der Waals surface area contributed by atoms with Crippen molar-refractivity contribution in [2.45, 2.75) is 0 Å². The molecule has 9 heteroatoms. The molecule has 0 aliphatic carbocycles. The summed E-state index contributed by atoms with van der Waals surface area (Å²) in [5.41, 5.74) is 2.36. The van der Waals surface area contributed by atoms with Gasteiger partial charge in [-0.3, -0.25) is 4.55 Å². The molecule has 1 atom stereocenters. The Bertz CT molecular complexity index is 1210. The van der Waals surface area contributed by atoms with Crippen LogP contribution in [0.4, 0.5) is 23.0 Å². The summed E-state index contributed by atoms with van der Waals surface area (Å²) >= 11 is -2.39. The van der Waals surface area contributed by atoms with Crippen LogP contribution >= 0.6 is 0 Å². The molecule has 3 aromatic carbocycles. The zero-order valence-corrected chi connectivity index (χ0v) is 17.7. The molecule has 0 spiro atoms. The summed E-state index contributed by atoms with van der Waals surface area (Å²) in [5.74, 6) is 1.68. The fourth-order valence-corrected chi connectivity index (χ4v) is 3.66. The van der Waals surface area contributed by atoms with E-state index in [1.807, 2.05) is 24.3 Å². The largest absolute Gasteiger partial charge is 0.497 e. The highest BCUT2D eigenvalue weighted by Crippen LogP contribution is 2.35. The van der Waals surface area contributed by atoms with Crippen molar-refractivity contribution in [3.05, 3.63) is 72.8 Å². The third-order valence-corrected chi connectivity index (χ3v) is 5.20. The summed E-state index contributed by atoms with van der Waals surface area (Å²) < 4.78 is 34.3. The van der Waals surface area contributed by atoms with Gasteiger partial charge in [-0.05, 0) is 24.3 Å². The minimum atomic E-state index is -2.39. The van der Waals surface area contributed by atoms with Crippen molar-refractivity contribution in [1.29, 1.82) is 0 Å². The van der Waals surface area contributed by atoms with Gasteiger partial charge in [0.25, 0.3) is 11.3 Å². The molecule has 0 saturated carbocycles. The van der Waals surface area contributed by atoms with E-state index in [2.05, 4.69) is 15.3 Å². The van der Waals surface area contributed by atoms with Crippen LogP contribution in [-0.2, 0) is 11.3 Å². The molecule has 31 heavy (non-hydrogen) atoms. The lowest BCUT2D eigenvalue weighted by Gasteiger charge is -2.22. The molecule has 158 valence electrons. The first-order chi connectivity index (χ1) is 15.1. The van der Waals surface area contributed by atoms with Crippen molar-refractivity contribution < 1.29 is 18.2 Å². The maximum atomic E-state index is 12.3. The molecule has 8 nitrogen and oxygen atoms in total. The maximum absolute atomic E-state index is 12.3. The Balaban J connectivity index is 1.89. The first-order valence-corrected chi connectivity index (χ1v) is 10.4. The van der Waals surface area contributed by atoms with E-state index < -0.39 is 11.3 Å². The van der Waals surface area contributed by atoms with Crippen molar-refractivity contribution in [2.24, 2.45) is 0 Å². The van der Waals surface area contributed by atoms with Gasteiger partial charge >= 0.3 is 0 Å². The number of methoxy groups -OCH3 is 2. The van der Waals surface area contributed by atoms with E-state index in [9.17, 15) is 8.76 Å². The number of aromatic nitrogens is 2. The zero-order chi connectivity index (χ0) is 21.8. The number of nitrogens with one attached hydrogen (secondary N) is 1. The van der Waals surface area contributed by atoms with Crippen molar-refractivity contribution >= 4 is 45.3 Å². The normalized spacial score (nSPS) is 11.7. The quantitative estimate of drug-likeness (QED) is 0.407. The fourth-order valence-electron chi connectivity index (χ4n) is 3.08. The number of para-hydroxylation sites is 3. The van der Waals surface area contributed by atoms with Gasteiger partial charge in [-0.15, -0.1) is 0 Å². The van der Waals surface area contributed by atoms with Crippen LogP contribution in [0.5, 0.6) is 11.5 Å². The smallest absolute Gasteiger partial charge is 0.268 e. The fraction of sp³-hybridized carbons (Fsp3) is 0.0909. The third kappa shape index (κ3) is 4.42. The van der Waals surface area contributed by atoms with E-state index in [1.165, 1.54) is 4.31 Å². The standard InChI is InChI=1S/C22H20N4O4S/c1-29-17-12-15(13-18(14-17)30-2)23-21-22(25-20-11-7-6-10-19(20)24-21)26(31(27)28)16-8-4-3-5-9-16/h3-14H,1-2H3,(H,23,24)(H,27,28). The Morgan fingerprint density at radius 2 is 1.45 bits per heavy atom. The topological polar surface area (TPSA) is 96.8 Å². The van der Waals surface area contributed by atoms with Crippen LogP contribution in [0.2, 0.25) is 0 Å². The number of fused-ring (bicyclic) bond motifs is 1. The molecule has 0 fully saturated rings. The van der Waals surface area contributed by atoms with Gasteiger partial charge in [0.2, 0.25) is 0 Å². The average molecular weight is 436 g/mol. The number of rotatable bonds is 7. The molecule has 0 bridgehead atoms. The van der Waals surface area contributed by atoms with Crippen LogP contribution in [-0.4, -0.2) is 32.9 Å². The number of hydrogen-bond donors (Lipinski definition) is 2. The predicted molar refractivity (Wildman–Crippen MR) is 122 cm³/mol. The SMILES string of the molecule is COc1cc(Nc2nc3ccccc3nc2N(c2ccccc2)S(=O)O)cc(OC)c1. The second-order valence-corrected chi connectivity index (χ2v) is 7.30. The van der Waals surface area contributed by atoms with Crippen molar-refractivity contribution in [2.75, 3.05) is 23.8 Å². The molecule has 1 aromatic heterocycles. The Hall–Kier alpha value is -3.69. The van der Waals surface area contributed by atoms with Crippen molar-refractivity contribution in [3.8, 4) is 11.5 Å². The summed E-state index contributed by atoms with van der Waals surface area (Å²) in [6, 6.07) is 21.4. The Morgan fingerprint density at radius 1 is 0.871 bits per heavy atom. The second kappa shape index (κ2) is 8.99. The molecule has 4 aromatic rings. The molecule has 0 aliphatic heterocycles. The lowest BCUT2D eigenvalue weighted by Crippen LogP contribution is -2.22. The predicted octanol–water partition coefficient (Wildman–Crippen LogP) is 4.67. The molecule has 0 saturated heterocycles. The minimum absolute atomic E-state index is 0.201. The van der Waals surface area contributed by atoms with E-state index in [0.29, 0.717) is 39.7 Å². The van der Waals surface area contributed by atoms with E-state index in [4.69, 9.17) is 9.47 Å². The van der Waals surface area contributed by atoms with E-state index in [0.717, 1.165) is 0 Å². The van der Waals surface area contributed by atoms with Crippen LogP contribution in [0.15, 0.2) is 72.8 Å². The minimum Gasteiger partial charge on any atom is -0.497 e. The molecular weight excluding hydrogens is 416 g/mol. The Morgan fingerprint density at radius 3 is 2.03 bits per heavy atom. The van der Waals surface area contributed by atoms with Crippen LogP contribution in [0.3, 0.4) is 0 Å². The van der Waals surface area contributed by atoms with Gasteiger partial charge in [-0.2, -0.15) is 0 Å². The van der Waals surface area contributed by atoms with Gasteiger partial charge in [0, 0.05) is 23.9 Å². The number of benzene rings is 3. The van der Waals surface area contributed by atoms with Crippen LogP contribution in [0.25, 0.3) is 11.0 Å². The first kappa shape index (κ1) is 20.6. The molecule has 2 N–H and O–H groups in total. The van der Waals surface area contributed by atoms with Crippen LogP contribution in [0.1, 0.15) is 0 Å².